The van der Waals surface area contributed by atoms with Gasteiger partial charge in [0.05, 0.1) is 17.9 Å². The molecule has 0 saturated carbocycles. The van der Waals surface area contributed by atoms with Gasteiger partial charge in [-0.05, 0) is 37.6 Å². The molecule has 1 atom stereocenters. The zero-order valence-corrected chi connectivity index (χ0v) is 15.0. The molecule has 2 aliphatic heterocycles. The van der Waals surface area contributed by atoms with Gasteiger partial charge in [0.15, 0.2) is 0 Å². The van der Waals surface area contributed by atoms with Gasteiger partial charge in [-0.1, -0.05) is 12.1 Å². The maximum atomic E-state index is 11.7. The number of amides is 1. The van der Waals surface area contributed by atoms with Crippen LogP contribution in [0.2, 0.25) is 0 Å². The minimum atomic E-state index is -0.320. The SMILES string of the molecule is Cc1cc(C)n(-c2cccc(CN3CCC4(C3)CN(C)C(=O)O4)c2)n1. The number of aromatic nitrogens is 2. The fraction of sp³-hybridized carbons (Fsp3) is 0.474. The fourth-order valence-electron chi connectivity index (χ4n) is 4.00. The molecule has 6 nitrogen and oxygen atoms in total. The number of benzene rings is 1. The van der Waals surface area contributed by atoms with E-state index < -0.39 is 0 Å². The first-order valence-corrected chi connectivity index (χ1v) is 8.73. The lowest BCUT2D eigenvalue weighted by molar-refractivity contribution is 0.0627. The molecule has 1 unspecified atom stereocenters. The summed E-state index contributed by atoms with van der Waals surface area (Å²) in [5.74, 6) is 0. The Bertz CT molecular complexity index is 816. The third-order valence-electron chi connectivity index (χ3n) is 5.11. The van der Waals surface area contributed by atoms with Crippen LogP contribution in [0.4, 0.5) is 4.79 Å². The number of carbonyl (C=O) groups excluding carboxylic acids is 1. The largest absolute Gasteiger partial charge is 0.439 e. The second-order valence-electron chi connectivity index (χ2n) is 7.38. The van der Waals surface area contributed by atoms with Gasteiger partial charge in [0, 0.05) is 38.8 Å². The number of ether oxygens (including phenoxy) is 1. The van der Waals surface area contributed by atoms with E-state index in [0.717, 1.165) is 43.1 Å². The predicted molar refractivity (Wildman–Crippen MR) is 94.8 cm³/mol. The summed E-state index contributed by atoms with van der Waals surface area (Å²) < 4.78 is 7.62. The van der Waals surface area contributed by atoms with Gasteiger partial charge in [-0.2, -0.15) is 5.10 Å². The van der Waals surface area contributed by atoms with Crippen molar-refractivity contribution < 1.29 is 9.53 Å². The van der Waals surface area contributed by atoms with Gasteiger partial charge in [0.25, 0.3) is 0 Å². The number of nitrogens with zero attached hydrogens (tertiary/aromatic N) is 4. The van der Waals surface area contributed by atoms with Crippen molar-refractivity contribution >= 4 is 6.09 Å². The van der Waals surface area contributed by atoms with Crippen molar-refractivity contribution in [3.8, 4) is 5.69 Å². The predicted octanol–water partition coefficient (Wildman–Crippen LogP) is 2.52. The van der Waals surface area contributed by atoms with Crippen LogP contribution in [0.5, 0.6) is 0 Å². The summed E-state index contributed by atoms with van der Waals surface area (Å²) in [6, 6.07) is 10.6. The second kappa shape index (κ2) is 5.88. The van der Waals surface area contributed by atoms with Crippen molar-refractivity contribution in [2.45, 2.75) is 32.4 Å². The lowest BCUT2D eigenvalue weighted by Gasteiger charge is -2.22. The average Bonchev–Trinajstić information content (AvgIpc) is 3.18. The number of likely N-dealkylation sites (tertiary alicyclic amines) is 1. The van der Waals surface area contributed by atoms with Crippen molar-refractivity contribution in [3.05, 3.63) is 47.3 Å². The molecule has 0 aliphatic carbocycles. The molecule has 3 heterocycles. The molecule has 2 aliphatic rings. The lowest BCUT2D eigenvalue weighted by atomic mass is 10.0. The molecule has 1 amide bonds. The van der Waals surface area contributed by atoms with Gasteiger partial charge in [0.2, 0.25) is 0 Å². The average molecular weight is 340 g/mol. The summed E-state index contributed by atoms with van der Waals surface area (Å²) in [5.41, 5.74) is 4.18. The number of aryl methyl sites for hydroxylation is 2. The molecule has 1 aromatic heterocycles. The highest BCUT2D eigenvalue weighted by molar-refractivity contribution is 5.70. The van der Waals surface area contributed by atoms with E-state index in [1.807, 2.05) is 11.6 Å². The van der Waals surface area contributed by atoms with Crippen molar-refractivity contribution in [1.82, 2.24) is 19.6 Å². The van der Waals surface area contributed by atoms with Gasteiger partial charge in [-0.15, -0.1) is 0 Å². The lowest BCUT2D eigenvalue weighted by Crippen LogP contribution is -2.37. The summed E-state index contributed by atoms with van der Waals surface area (Å²) in [6.07, 6.45) is 0.702. The zero-order chi connectivity index (χ0) is 17.6. The highest BCUT2D eigenvalue weighted by Gasteiger charge is 2.48. The standard InChI is InChI=1S/C19H24N4O2/c1-14-9-15(2)23(20-14)17-6-4-5-16(10-17)11-22-8-7-19(13-22)12-21(3)18(24)25-19/h4-6,9-10H,7-8,11-13H2,1-3H3. The normalized spacial score (nSPS) is 23.6. The summed E-state index contributed by atoms with van der Waals surface area (Å²) in [6.45, 7) is 7.38. The number of carbonyl (C=O) groups is 1. The molecule has 4 rings (SSSR count). The highest BCUT2D eigenvalue weighted by Crippen LogP contribution is 2.32. The van der Waals surface area contributed by atoms with Crippen molar-refractivity contribution in [2.24, 2.45) is 0 Å². The molecule has 2 fully saturated rings. The van der Waals surface area contributed by atoms with Gasteiger partial charge in [-0.25, -0.2) is 9.48 Å². The second-order valence-corrected chi connectivity index (χ2v) is 7.38. The molecule has 0 radical (unpaired) electrons. The quantitative estimate of drug-likeness (QED) is 0.861. The molecule has 0 bridgehead atoms. The molecule has 2 aromatic rings. The smallest absolute Gasteiger partial charge is 0.410 e. The maximum Gasteiger partial charge on any atom is 0.410 e. The van der Waals surface area contributed by atoms with E-state index in [1.165, 1.54) is 5.56 Å². The summed E-state index contributed by atoms with van der Waals surface area (Å²) >= 11 is 0. The Morgan fingerprint density at radius 2 is 2.08 bits per heavy atom. The van der Waals surface area contributed by atoms with E-state index in [4.69, 9.17) is 4.74 Å². The Labute approximate surface area is 148 Å². The van der Waals surface area contributed by atoms with Crippen LogP contribution in [-0.4, -0.2) is 58.0 Å². The van der Waals surface area contributed by atoms with E-state index in [1.54, 1.807) is 11.9 Å². The van der Waals surface area contributed by atoms with Crippen molar-refractivity contribution in [3.63, 3.8) is 0 Å². The van der Waals surface area contributed by atoms with E-state index in [0.29, 0.717) is 6.54 Å². The van der Waals surface area contributed by atoms with E-state index in [-0.39, 0.29) is 11.7 Å². The molecular formula is C19H24N4O2. The molecule has 132 valence electrons. The van der Waals surface area contributed by atoms with E-state index in [9.17, 15) is 4.79 Å². The first-order valence-electron chi connectivity index (χ1n) is 8.73. The monoisotopic (exact) mass is 340 g/mol. The third-order valence-corrected chi connectivity index (χ3v) is 5.11. The fourth-order valence-corrected chi connectivity index (χ4v) is 4.00. The first-order chi connectivity index (χ1) is 11.9. The minimum absolute atomic E-state index is 0.201. The van der Waals surface area contributed by atoms with Crippen LogP contribution in [0.15, 0.2) is 30.3 Å². The molecule has 1 spiro atoms. The maximum absolute atomic E-state index is 11.7. The number of likely N-dealkylation sites (N-methyl/N-ethyl adjacent to an activating group) is 1. The van der Waals surface area contributed by atoms with Gasteiger partial charge in [0.1, 0.15) is 5.60 Å². The number of rotatable bonds is 3. The Balaban J connectivity index is 1.48. The van der Waals surface area contributed by atoms with Crippen LogP contribution in [0.3, 0.4) is 0 Å². The zero-order valence-electron chi connectivity index (χ0n) is 15.0. The Morgan fingerprint density at radius 3 is 2.76 bits per heavy atom. The summed E-state index contributed by atoms with van der Waals surface area (Å²) in [4.78, 5) is 15.8. The summed E-state index contributed by atoms with van der Waals surface area (Å²) in [5, 5.41) is 4.57. The van der Waals surface area contributed by atoms with Crippen LogP contribution in [0.25, 0.3) is 5.69 Å². The Hall–Kier alpha value is -2.34. The first kappa shape index (κ1) is 16.1. The summed E-state index contributed by atoms with van der Waals surface area (Å²) in [7, 11) is 1.80. The molecule has 6 heteroatoms. The number of hydrogen-bond acceptors (Lipinski definition) is 4. The number of hydrogen-bond donors (Lipinski definition) is 0. The van der Waals surface area contributed by atoms with Gasteiger partial charge in [-0.3, -0.25) is 4.90 Å². The molecule has 2 saturated heterocycles. The van der Waals surface area contributed by atoms with Crippen LogP contribution >= 0.6 is 0 Å². The van der Waals surface area contributed by atoms with Crippen molar-refractivity contribution in [2.75, 3.05) is 26.7 Å². The van der Waals surface area contributed by atoms with Crippen LogP contribution < -0.4 is 0 Å². The Kier molecular flexibility index (Phi) is 3.80. The molecule has 0 N–H and O–H groups in total. The van der Waals surface area contributed by atoms with Crippen LogP contribution in [0, 0.1) is 13.8 Å². The van der Waals surface area contributed by atoms with E-state index >= 15 is 0 Å². The van der Waals surface area contributed by atoms with Gasteiger partial charge < -0.3 is 9.64 Å². The minimum Gasteiger partial charge on any atom is -0.439 e. The Morgan fingerprint density at radius 1 is 1.24 bits per heavy atom. The topological polar surface area (TPSA) is 50.6 Å². The van der Waals surface area contributed by atoms with Crippen molar-refractivity contribution in [1.29, 1.82) is 0 Å². The molecular weight excluding hydrogens is 316 g/mol. The third kappa shape index (κ3) is 3.02. The molecule has 1 aromatic carbocycles. The van der Waals surface area contributed by atoms with Gasteiger partial charge >= 0.3 is 6.09 Å². The molecule has 25 heavy (non-hydrogen) atoms. The highest BCUT2D eigenvalue weighted by atomic mass is 16.6. The van der Waals surface area contributed by atoms with Crippen LogP contribution in [0.1, 0.15) is 23.4 Å². The van der Waals surface area contributed by atoms with Crippen LogP contribution in [-0.2, 0) is 11.3 Å². The van der Waals surface area contributed by atoms with E-state index in [2.05, 4.69) is 47.3 Å².